The van der Waals surface area contributed by atoms with Crippen molar-refractivity contribution in [2.45, 2.75) is 6.92 Å². The molecular formula is C8H15NO. The van der Waals surface area contributed by atoms with Gasteiger partial charge in [0, 0.05) is 24.9 Å². The lowest BCUT2D eigenvalue weighted by molar-refractivity contribution is 0.156. The summed E-state index contributed by atoms with van der Waals surface area (Å²) >= 11 is 0. The minimum Gasteiger partial charge on any atom is -0.381 e. The van der Waals surface area contributed by atoms with Crippen molar-refractivity contribution in [2.75, 3.05) is 32.8 Å². The van der Waals surface area contributed by atoms with Crippen molar-refractivity contribution in [2.24, 2.45) is 11.8 Å². The van der Waals surface area contributed by atoms with E-state index in [1.807, 2.05) is 0 Å². The fraction of sp³-hybridized carbons (Fsp3) is 1.00. The number of hydrogen-bond donors (Lipinski definition) is 0. The first-order chi connectivity index (χ1) is 4.90. The first-order valence-electron chi connectivity index (χ1n) is 4.20. The zero-order valence-electron chi connectivity index (χ0n) is 6.55. The maximum Gasteiger partial charge on any atom is 0.0510 e. The molecule has 0 aromatic carbocycles. The second kappa shape index (κ2) is 2.51. The Labute approximate surface area is 62.2 Å². The van der Waals surface area contributed by atoms with Gasteiger partial charge in [-0.15, -0.1) is 0 Å². The molecule has 2 unspecified atom stereocenters. The van der Waals surface area contributed by atoms with Gasteiger partial charge >= 0.3 is 0 Å². The first kappa shape index (κ1) is 6.62. The van der Waals surface area contributed by atoms with Gasteiger partial charge in [0.15, 0.2) is 0 Å². The van der Waals surface area contributed by atoms with E-state index in [-0.39, 0.29) is 0 Å². The van der Waals surface area contributed by atoms with Gasteiger partial charge in [0.1, 0.15) is 0 Å². The molecule has 10 heavy (non-hydrogen) atoms. The Bertz CT molecular complexity index is 114. The Morgan fingerprint density at radius 1 is 1.30 bits per heavy atom. The molecule has 2 fully saturated rings. The number of fused-ring (bicyclic) bond motifs is 1. The molecule has 0 spiro atoms. The summed E-state index contributed by atoms with van der Waals surface area (Å²) in [6, 6.07) is 0. The van der Waals surface area contributed by atoms with Crippen molar-refractivity contribution < 1.29 is 4.74 Å². The molecule has 0 aromatic rings. The van der Waals surface area contributed by atoms with E-state index in [0.29, 0.717) is 0 Å². The number of hydrogen-bond acceptors (Lipinski definition) is 2. The van der Waals surface area contributed by atoms with Crippen LogP contribution in [0.25, 0.3) is 0 Å². The van der Waals surface area contributed by atoms with Gasteiger partial charge in [-0.1, -0.05) is 6.92 Å². The first-order valence-corrected chi connectivity index (χ1v) is 4.20. The van der Waals surface area contributed by atoms with Gasteiger partial charge in [-0.25, -0.2) is 0 Å². The second-order valence-corrected chi connectivity index (χ2v) is 3.41. The number of ether oxygens (including phenoxy) is 1. The smallest absolute Gasteiger partial charge is 0.0510 e. The molecule has 2 rings (SSSR count). The molecule has 0 bridgehead atoms. The highest BCUT2D eigenvalue weighted by atomic mass is 16.5. The highest BCUT2D eigenvalue weighted by molar-refractivity contribution is 4.86. The molecule has 0 N–H and O–H groups in total. The molecule has 2 heterocycles. The third-order valence-corrected chi connectivity index (χ3v) is 2.76. The molecule has 2 heteroatoms. The van der Waals surface area contributed by atoms with Gasteiger partial charge in [-0.2, -0.15) is 0 Å². The zero-order valence-corrected chi connectivity index (χ0v) is 6.55. The van der Waals surface area contributed by atoms with Crippen molar-refractivity contribution in [3.63, 3.8) is 0 Å². The Hall–Kier alpha value is -0.0800. The summed E-state index contributed by atoms with van der Waals surface area (Å²) in [6.07, 6.45) is 0. The molecule has 0 aliphatic carbocycles. The van der Waals surface area contributed by atoms with Crippen LogP contribution in [0.5, 0.6) is 0 Å². The molecule has 0 amide bonds. The topological polar surface area (TPSA) is 12.5 Å². The van der Waals surface area contributed by atoms with Crippen LogP contribution < -0.4 is 0 Å². The molecule has 0 aromatic heterocycles. The van der Waals surface area contributed by atoms with Crippen LogP contribution in [0, 0.1) is 11.8 Å². The largest absolute Gasteiger partial charge is 0.381 e. The quantitative estimate of drug-likeness (QED) is 0.530. The van der Waals surface area contributed by atoms with Crippen LogP contribution in [-0.4, -0.2) is 37.7 Å². The predicted molar refractivity (Wildman–Crippen MR) is 39.9 cm³/mol. The highest BCUT2D eigenvalue weighted by Crippen LogP contribution is 2.28. The van der Waals surface area contributed by atoms with Crippen molar-refractivity contribution >= 4 is 0 Å². The Balaban J connectivity index is 1.94. The van der Waals surface area contributed by atoms with E-state index in [1.54, 1.807) is 0 Å². The van der Waals surface area contributed by atoms with Gasteiger partial charge in [-0.05, 0) is 6.54 Å². The summed E-state index contributed by atoms with van der Waals surface area (Å²) < 4.78 is 5.38. The van der Waals surface area contributed by atoms with Crippen LogP contribution in [0.3, 0.4) is 0 Å². The highest BCUT2D eigenvalue weighted by Gasteiger charge is 2.35. The standard InChI is InChI=1S/C8H15NO/c1-2-9-3-7-5-10-6-8(7)4-9/h7-8H,2-6H2,1H3. The number of nitrogens with zero attached hydrogens (tertiary/aromatic N) is 1. The van der Waals surface area contributed by atoms with Crippen molar-refractivity contribution in [1.29, 1.82) is 0 Å². The van der Waals surface area contributed by atoms with Crippen molar-refractivity contribution in [3.8, 4) is 0 Å². The fourth-order valence-corrected chi connectivity index (χ4v) is 2.04. The molecule has 0 saturated carbocycles. The second-order valence-electron chi connectivity index (χ2n) is 3.41. The van der Waals surface area contributed by atoms with E-state index >= 15 is 0 Å². The summed E-state index contributed by atoms with van der Waals surface area (Å²) in [5.74, 6) is 1.72. The molecule has 2 atom stereocenters. The molecule has 2 nitrogen and oxygen atoms in total. The summed E-state index contributed by atoms with van der Waals surface area (Å²) in [7, 11) is 0. The van der Waals surface area contributed by atoms with Crippen LogP contribution in [0.15, 0.2) is 0 Å². The maximum absolute atomic E-state index is 5.38. The van der Waals surface area contributed by atoms with E-state index in [0.717, 1.165) is 25.0 Å². The normalized spacial score (nSPS) is 40.5. The molecular weight excluding hydrogens is 126 g/mol. The Kier molecular flexibility index (Phi) is 1.66. The van der Waals surface area contributed by atoms with Crippen LogP contribution in [-0.2, 0) is 4.74 Å². The Morgan fingerprint density at radius 3 is 2.40 bits per heavy atom. The summed E-state index contributed by atoms with van der Waals surface area (Å²) in [5.41, 5.74) is 0. The van der Waals surface area contributed by atoms with E-state index in [4.69, 9.17) is 4.74 Å². The maximum atomic E-state index is 5.38. The zero-order chi connectivity index (χ0) is 6.97. The van der Waals surface area contributed by atoms with Crippen LogP contribution in [0.1, 0.15) is 6.92 Å². The van der Waals surface area contributed by atoms with E-state index in [2.05, 4.69) is 11.8 Å². The predicted octanol–water partition coefficient (Wildman–Crippen LogP) is 0.585. The van der Waals surface area contributed by atoms with Crippen LogP contribution >= 0.6 is 0 Å². The molecule has 2 aliphatic rings. The average Bonchev–Trinajstić information content (AvgIpc) is 2.42. The van der Waals surface area contributed by atoms with Gasteiger partial charge in [0.2, 0.25) is 0 Å². The summed E-state index contributed by atoms with van der Waals surface area (Å²) in [5, 5.41) is 0. The fourth-order valence-electron chi connectivity index (χ4n) is 2.04. The molecule has 2 aliphatic heterocycles. The molecule has 2 saturated heterocycles. The van der Waals surface area contributed by atoms with E-state index in [1.165, 1.54) is 19.6 Å². The lowest BCUT2D eigenvalue weighted by Crippen LogP contribution is -2.22. The lowest BCUT2D eigenvalue weighted by atomic mass is 10.0. The lowest BCUT2D eigenvalue weighted by Gasteiger charge is -2.12. The van der Waals surface area contributed by atoms with Crippen LogP contribution in [0.4, 0.5) is 0 Å². The minimum atomic E-state index is 0.861. The van der Waals surface area contributed by atoms with Gasteiger partial charge in [-0.3, -0.25) is 0 Å². The Morgan fingerprint density at radius 2 is 1.90 bits per heavy atom. The number of likely N-dealkylation sites (tertiary alicyclic amines) is 1. The summed E-state index contributed by atoms with van der Waals surface area (Å²) in [4.78, 5) is 2.53. The average molecular weight is 141 g/mol. The molecule has 0 radical (unpaired) electrons. The van der Waals surface area contributed by atoms with E-state index < -0.39 is 0 Å². The third kappa shape index (κ3) is 0.956. The van der Waals surface area contributed by atoms with Gasteiger partial charge < -0.3 is 9.64 Å². The number of rotatable bonds is 1. The van der Waals surface area contributed by atoms with Gasteiger partial charge in [0.05, 0.1) is 13.2 Å². The van der Waals surface area contributed by atoms with Crippen molar-refractivity contribution in [1.82, 2.24) is 4.90 Å². The monoisotopic (exact) mass is 141 g/mol. The van der Waals surface area contributed by atoms with Crippen LogP contribution in [0.2, 0.25) is 0 Å². The molecule has 58 valence electrons. The summed E-state index contributed by atoms with van der Waals surface area (Å²) in [6.45, 7) is 8.04. The SMILES string of the molecule is CCN1CC2COCC2C1. The third-order valence-electron chi connectivity index (χ3n) is 2.76. The minimum absolute atomic E-state index is 0.861. The van der Waals surface area contributed by atoms with Crippen molar-refractivity contribution in [3.05, 3.63) is 0 Å². The van der Waals surface area contributed by atoms with Gasteiger partial charge in [0.25, 0.3) is 0 Å². The van der Waals surface area contributed by atoms with E-state index in [9.17, 15) is 0 Å².